The van der Waals surface area contributed by atoms with Crippen molar-refractivity contribution < 1.29 is 0 Å². The second-order valence-electron chi connectivity index (χ2n) is 3.97. The van der Waals surface area contributed by atoms with E-state index >= 15 is 0 Å². The first-order chi connectivity index (χ1) is 7.74. The molecule has 0 aliphatic heterocycles. The number of pyridine rings is 1. The Bertz CT molecular complexity index is 436. The van der Waals surface area contributed by atoms with Crippen molar-refractivity contribution >= 4 is 5.82 Å². The predicted octanol–water partition coefficient (Wildman–Crippen LogP) is 2.09. The minimum absolute atomic E-state index is 0.323. The molecule has 2 heterocycles. The molecule has 0 spiro atoms. The van der Waals surface area contributed by atoms with Crippen LogP contribution in [0.5, 0.6) is 0 Å². The van der Waals surface area contributed by atoms with E-state index in [4.69, 9.17) is 0 Å². The van der Waals surface area contributed by atoms with Crippen molar-refractivity contribution in [2.24, 2.45) is 0 Å². The third-order valence-electron chi connectivity index (χ3n) is 2.33. The smallest absolute Gasteiger partial charge is 0.126 e. The Hall–Kier alpha value is -1.84. The van der Waals surface area contributed by atoms with Crippen molar-refractivity contribution in [3.63, 3.8) is 0 Å². The van der Waals surface area contributed by atoms with Gasteiger partial charge in [-0.2, -0.15) is 0 Å². The van der Waals surface area contributed by atoms with Crippen LogP contribution in [-0.2, 0) is 6.54 Å². The summed E-state index contributed by atoms with van der Waals surface area (Å²) in [5.41, 5.74) is 1.03. The van der Waals surface area contributed by atoms with Gasteiger partial charge in [-0.05, 0) is 26.0 Å². The van der Waals surface area contributed by atoms with Crippen LogP contribution in [0, 0.1) is 6.92 Å². The first kappa shape index (κ1) is 10.7. The summed E-state index contributed by atoms with van der Waals surface area (Å²) in [6.45, 7) is 5.01. The largest absolute Gasteiger partial charge is 0.366 e. The number of imidazole rings is 1. The quantitative estimate of drug-likeness (QED) is 0.851. The molecule has 2 aromatic heterocycles. The van der Waals surface area contributed by atoms with Crippen molar-refractivity contribution in [2.75, 3.05) is 5.32 Å². The van der Waals surface area contributed by atoms with E-state index in [0.29, 0.717) is 6.04 Å². The normalized spacial score (nSPS) is 12.4. The van der Waals surface area contributed by atoms with Gasteiger partial charge >= 0.3 is 0 Å². The van der Waals surface area contributed by atoms with E-state index < -0.39 is 0 Å². The van der Waals surface area contributed by atoms with Crippen LogP contribution in [0.15, 0.2) is 36.9 Å². The van der Waals surface area contributed by atoms with Gasteiger partial charge in [-0.1, -0.05) is 6.07 Å². The fourth-order valence-electron chi connectivity index (χ4n) is 1.63. The monoisotopic (exact) mass is 216 g/mol. The Morgan fingerprint density at radius 1 is 1.44 bits per heavy atom. The van der Waals surface area contributed by atoms with Gasteiger partial charge in [0.25, 0.3) is 0 Å². The molecule has 16 heavy (non-hydrogen) atoms. The number of aromatic nitrogens is 3. The molecule has 0 saturated heterocycles. The summed E-state index contributed by atoms with van der Waals surface area (Å²) >= 11 is 0. The molecule has 0 radical (unpaired) electrons. The van der Waals surface area contributed by atoms with Gasteiger partial charge in [0.15, 0.2) is 0 Å². The minimum atomic E-state index is 0.323. The fraction of sp³-hybridized carbons (Fsp3) is 0.333. The molecular formula is C12H16N4. The van der Waals surface area contributed by atoms with Gasteiger partial charge in [-0.3, -0.25) is 0 Å². The lowest BCUT2D eigenvalue weighted by Crippen LogP contribution is -2.21. The SMILES string of the molecule is Cc1cccc(NC(C)Cn2ccnc2)n1. The number of rotatable bonds is 4. The van der Waals surface area contributed by atoms with E-state index in [1.165, 1.54) is 0 Å². The number of hydrogen-bond donors (Lipinski definition) is 1. The maximum Gasteiger partial charge on any atom is 0.126 e. The number of nitrogens with one attached hydrogen (secondary N) is 1. The van der Waals surface area contributed by atoms with Crippen molar-refractivity contribution in [1.29, 1.82) is 0 Å². The topological polar surface area (TPSA) is 42.7 Å². The Morgan fingerprint density at radius 3 is 3.00 bits per heavy atom. The molecule has 0 fully saturated rings. The summed E-state index contributed by atoms with van der Waals surface area (Å²) in [7, 11) is 0. The van der Waals surface area contributed by atoms with Crippen LogP contribution in [0.1, 0.15) is 12.6 Å². The van der Waals surface area contributed by atoms with E-state index in [9.17, 15) is 0 Å². The second kappa shape index (κ2) is 4.79. The van der Waals surface area contributed by atoms with E-state index in [1.54, 1.807) is 6.20 Å². The molecule has 0 aliphatic rings. The lowest BCUT2D eigenvalue weighted by atomic mass is 10.3. The van der Waals surface area contributed by atoms with Crippen LogP contribution in [0.2, 0.25) is 0 Å². The van der Waals surface area contributed by atoms with E-state index in [2.05, 4.69) is 22.2 Å². The van der Waals surface area contributed by atoms with Crippen LogP contribution >= 0.6 is 0 Å². The van der Waals surface area contributed by atoms with Crippen molar-refractivity contribution in [2.45, 2.75) is 26.4 Å². The zero-order valence-electron chi connectivity index (χ0n) is 9.59. The minimum Gasteiger partial charge on any atom is -0.366 e. The molecule has 2 aromatic rings. The summed E-state index contributed by atoms with van der Waals surface area (Å²) in [6.07, 6.45) is 5.57. The second-order valence-corrected chi connectivity index (χ2v) is 3.97. The zero-order valence-corrected chi connectivity index (χ0v) is 9.59. The summed E-state index contributed by atoms with van der Waals surface area (Å²) in [5.74, 6) is 0.924. The highest BCUT2D eigenvalue weighted by Gasteiger charge is 2.03. The number of anilines is 1. The van der Waals surface area contributed by atoms with Crippen LogP contribution in [-0.4, -0.2) is 20.6 Å². The van der Waals surface area contributed by atoms with Gasteiger partial charge in [0, 0.05) is 30.7 Å². The molecule has 0 aliphatic carbocycles. The lowest BCUT2D eigenvalue weighted by molar-refractivity contribution is 0.617. The molecule has 2 rings (SSSR count). The zero-order chi connectivity index (χ0) is 11.4. The third kappa shape index (κ3) is 2.82. The van der Waals surface area contributed by atoms with Gasteiger partial charge in [-0.15, -0.1) is 0 Å². The molecule has 84 valence electrons. The maximum atomic E-state index is 4.41. The summed E-state index contributed by atoms with van der Waals surface area (Å²) in [5, 5.41) is 3.36. The van der Waals surface area contributed by atoms with Crippen molar-refractivity contribution in [3.8, 4) is 0 Å². The lowest BCUT2D eigenvalue weighted by Gasteiger charge is -2.15. The van der Waals surface area contributed by atoms with Crippen LogP contribution in [0.25, 0.3) is 0 Å². The summed E-state index contributed by atoms with van der Waals surface area (Å²) in [6, 6.07) is 6.31. The highest BCUT2D eigenvalue weighted by Crippen LogP contribution is 2.06. The molecule has 4 nitrogen and oxygen atoms in total. The number of nitrogens with zero attached hydrogens (tertiary/aromatic N) is 3. The highest BCUT2D eigenvalue weighted by molar-refractivity contribution is 5.35. The molecule has 1 atom stereocenters. The predicted molar refractivity (Wildman–Crippen MR) is 64.3 cm³/mol. The van der Waals surface area contributed by atoms with E-state index in [0.717, 1.165) is 18.1 Å². The van der Waals surface area contributed by atoms with E-state index in [1.807, 2.05) is 42.2 Å². The molecule has 0 aromatic carbocycles. The molecule has 0 bridgehead atoms. The molecule has 4 heteroatoms. The van der Waals surface area contributed by atoms with Crippen molar-refractivity contribution in [1.82, 2.24) is 14.5 Å². The molecule has 1 unspecified atom stereocenters. The average Bonchev–Trinajstić information content (AvgIpc) is 2.70. The van der Waals surface area contributed by atoms with Crippen LogP contribution in [0.3, 0.4) is 0 Å². The van der Waals surface area contributed by atoms with Gasteiger partial charge in [0.2, 0.25) is 0 Å². The summed E-state index contributed by atoms with van der Waals surface area (Å²) in [4.78, 5) is 8.42. The number of hydrogen-bond acceptors (Lipinski definition) is 3. The molecule has 0 saturated carbocycles. The third-order valence-corrected chi connectivity index (χ3v) is 2.33. The Kier molecular flexibility index (Phi) is 3.19. The van der Waals surface area contributed by atoms with Gasteiger partial charge in [-0.25, -0.2) is 9.97 Å². The maximum absolute atomic E-state index is 4.41. The Labute approximate surface area is 95.4 Å². The first-order valence-electron chi connectivity index (χ1n) is 5.40. The fourth-order valence-corrected chi connectivity index (χ4v) is 1.63. The van der Waals surface area contributed by atoms with Gasteiger partial charge in [0.1, 0.15) is 5.82 Å². The molecule has 0 amide bonds. The molecule has 1 N–H and O–H groups in total. The van der Waals surface area contributed by atoms with Crippen molar-refractivity contribution in [3.05, 3.63) is 42.6 Å². The Balaban J connectivity index is 1.94. The standard InChI is InChI=1S/C12H16N4/c1-10-4-3-5-12(14-10)15-11(2)8-16-7-6-13-9-16/h3-7,9,11H,8H2,1-2H3,(H,14,15). The van der Waals surface area contributed by atoms with Gasteiger partial charge in [0.05, 0.1) is 6.33 Å². The highest BCUT2D eigenvalue weighted by atomic mass is 15.1. The first-order valence-corrected chi connectivity index (χ1v) is 5.40. The summed E-state index contributed by atoms with van der Waals surface area (Å²) < 4.78 is 2.05. The average molecular weight is 216 g/mol. The van der Waals surface area contributed by atoms with E-state index in [-0.39, 0.29) is 0 Å². The molecular weight excluding hydrogens is 200 g/mol. The van der Waals surface area contributed by atoms with Gasteiger partial charge < -0.3 is 9.88 Å². The van der Waals surface area contributed by atoms with Crippen LogP contribution in [0.4, 0.5) is 5.82 Å². The Morgan fingerprint density at radius 2 is 2.31 bits per heavy atom. The van der Waals surface area contributed by atoms with Crippen LogP contribution < -0.4 is 5.32 Å². The number of aryl methyl sites for hydroxylation is 1.